The van der Waals surface area contributed by atoms with Gasteiger partial charge in [-0.3, -0.25) is 9.69 Å². The maximum atomic E-state index is 13.0. The number of carbonyl (C=O) groups is 1. The Bertz CT molecular complexity index is 1340. The maximum absolute atomic E-state index is 13.0. The first-order chi connectivity index (χ1) is 16.8. The van der Waals surface area contributed by atoms with E-state index in [2.05, 4.69) is 21.0 Å². The Morgan fingerprint density at radius 1 is 1.09 bits per heavy atom. The Labute approximate surface area is 204 Å². The molecule has 6 nitrogen and oxygen atoms in total. The number of piperazine rings is 1. The van der Waals surface area contributed by atoms with Crippen LogP contribution in [0.25, 0.3) is 21.5 Å². The summed E-state index contributed by atoms with van der Waals surface area (Å²) in [7, 11) is 0. The quantitative estimate of drug-likeness (QED) is 0.395. The zero-order chi connectivity index (χ0) is 24.6. The van der Waals surface area contributed by atoms with Crippen molar-refractivity contribution in [1.29, 1.82) is 0 Å². The van der Waals surface area contributed by atoms with E-state index in [9.17, 15) is 18.0 Å². The van der Waals surface area contributed by atoms with E-state index >= 15 is 0 Å². The Kier molecular flexibility index (Phi) is 6.33. The van der Waals surface area contributed by atoms with Gasteiger partial charge >= 0.3 is 6.18 Å². The summed E-state index contributed by atoms with van der Waals surface area (Å²) in [4.78, 5) is 22.5. The van der Waals surface area contributed by atoms with E-state index in [1.54, 1.807) is 33.2 Å². The molecular weight excluding hydrogens is 475 g/mol. The number of alkyl halides is 3. The van der Waals surface area contributed by atoms with Crippen molar-refractivity contribution in [2.45, 2.75) is 26.2 Å². The molecule has 10 heteroatoms. The summed E-state index contributed by atoms with van der Waals surface area (Å²) in [5, 5.41) is 7.58. The number of hydrogen-bond donors (Lipinski definition) is 0. The third kappa shape index (κ3) is 4.94. The normalized spacial score (nSPS) is 15.1. The fourth-order valence-electron chi connectivity index (χ4n) is 4.52. The van der Waals surface area contributed by atoms with Crippen molar-refractivity contribution >= 4 is 28.3 Å². The molecule has 1 aliphatic heterocycles. The van der Waals surface area contributed by atoms with Crippen LogP contribution in [0, 0.1) is 6.92 Å². The number of hydrogen-bond acceptors (Lipinski definition) is 5. The van der Waals surface area contributed by atoms with Crippen molar-refractivity contribution in [3.8, 4) is 10.4 Å². The highest BCUT2D eigenvalue weighted by molar-refractivity contribution is 7.13. The fourth-order valence-corrected chi connectivity index (χ4v) is 5.27. The second-order valence-electron chi connectivity index (χ2n) is 8.63. The minimum absolute atomic E-state index is 0.0450. The average molecular weight is 500 g/mol. The van der Waals surface area contributed by atoms with Crippen LogP contribution in [-0.4, -0.2) is 56.7 Å². The summed E-state index contributed by atoms with van der Waals surface area (Å²) in [6, 6.07) is 11.4. The van der Waals surface area contributed by atoms with Gasteiger partial charge in [0.25, 0.3) is 0 Å². The Morgan fingerprint density at radius 3 is 2.60 bits per heavy atom. The minimum Gasteiger partial charge on any atom is -0.339 e. The first kappa shape index (κ1) is 23.5. The second-order valence-corrected chi connectivity index (χ2v) is 9.58. The first-order valence-corrected chi connectivity index (χ1v) is 12.2. The summed E-state index contributed by atoms with van der Waals surface area (Å²) < 4.78 is 40.6. The number of aryl methyl sites for hydroxylation is 1. The molecule has 1 aliphatic rings. The topological polar surface area (TPSA) is 54.3 Å². The molecule has 0 aliphatic carbocycles. The van der Waals surface area contributed by atoms with Crippen LogP contribution in [-0.2, 0) is 24.1 Å². The number of thiophene rings is 1. The van der Waals surface area contributed by atoms with Gasteiger partial charge in [-0.15, -0.1) is 11.3 Å². The van der Waals surface area contributed by atoms with E-state index in [4.69, 9.17) is 0 Å². The minimum atomic E-state index is -4.35. The highest BCUT2D eigenvalue weighted by atomic mass is 32.1. The Balaban J connectivity index is 1.24. The maximum Gasteiger partial charge on any atom is 0.416 e. The third-order valence-electron chi connectivity index (χ3n) is 6.27. The van der Waals surface area contributed by atoms with E-state index in [1.807, 2.05) is 24.4 Å². The van der Waals surface area contributed by atoms with Crippen molar-refractivity contribution in [2.24, 2.45) is 0 Å². The Hall–Kier alpha value is -3.24. The molecule has 0 saturated carbocycles. The van der Waals surface area contributed by atoms with Gasteiger partial charge in [0.2, 0.25) is 5.91 Å². The van der Waals surface area contributed by atoms with Crippen LogP contribution in [0.2, 0.25) is 0 Å². The number of carbonyl (C=O) groups excluding carboxylic acids is 1. The van der Waals surface area contributed by atoms with Crippen LogP contribution < -0.4 is 0 Å². The molecule has 0 radical (unpaired) electrons. The molecule has 35 heavy (non-hydrogen) atoms. The van der Waals surface area contributed by atoms with Crippen LogP contribution in [0.4, 0.5) is 13.2 Å². The number of rotatable bonds is 5. The highest BCUT2D eigenvalue weighted by Gasteiger charge is 2.30. The molecule has 1 amide bonds. The van der Waals surface area contributed by atoms with Crippen LogP contribution in [0.3, 0.4) is 0 Å². The van der Waals surface area contributed by atoms with Crippen molar-refractivity contribution in [3.63, 3.8) is 0 Å². The molecule has 3 aromatic heterocycles. The number of fused-ring (bicyclic) bond motifs is 1. The van der Waals surface area contributed by atoms with E-state index in [-0.39, 0.29) is 12.5 Å². The largest absolute Gasteiger partial charge is 0.416 e. The number of aromatic nitrogens is 3. The van der Waals surface area contributed by atoms with Crippen molar-refractivity contribution < 1.29 is 18.0 Å². The molecule has 1 fully saturated rings. The first-order valence-electron chi connectivity index (χ1n) is 11.3. The van der Waals surface area contributed by atoms with E-state index in [0.29, 0.717) is 43.9 Å². The van der Waals surface area contributed by atoms with Gasteiger partial charge in [0.1, 0.15) is 6.54 Å². The number of pyridine rings is 1. The lowest BCUT2D eigenvalue weighted by molar-refractivity contribution is -0.137. The lowest BCUT2D eigenvalue weighted by Gasteiger charge is -2.34. The SMILES string of the molecule is Cc1nn(CC(=O)N2CCN(Cc3cccc(C(F)(F)F)c3)CC2)c2nccc(-c3cccs3)c12. The fraction of sp³-hybridized carbons (Fsp3) is 0.320. The molecule has 1 aromatic carbocycles. The summed E-state index contributed by atoms with van der Waals surface area (Å²) in [6.07, 6.45) is -2.61. The molecule has 0 spiro atoms. The van der Waals surface area contributed by atoms with Crippen molar-refractivity contribution in [3.05, 3.63) is 70.9 Å². The smallest absolute Gasteiger partial charge is 0.339 e. The van der Waals surface area contributed by atoms with E-state index in [1.165, 1.54) is 12.1 Å². The van der Waals surface area contributed by atoms with Crippen LogP contribution in [0.5, 0.6) is 0 Å². The molecular formula is C25H24F3N5OS. The average Bonchev–Trinajstić information content (AvgIpc) is 3.48. The van der Waals surface area contributed by atoms with Gasteiger partial charge in [-0.05, 0) is 36.1 Å². The van der Waals surface area contributed by atoms with Crippen molar-refractivity contribution in [1.82, 2.24) is 24.6 Å². The zero-order valence-electron chi connectivity index (χ0n) is 19.1. The van der Waals surface area contributed by atoms with Crippen LogP contribution >= 0.6 is 11.3 Å². The molecule has 0 atom stereocenters. The standard InChI is InChI=1S/C25H24F3N5OS/c1-17-23-20(21-6-3-13-35-21)7-8-29-24(23)33(30-17)16-22(34)32-11-9-31(10-12-32)15-18-4-2-5-19(14-18)25(26,27)28/h2-8,13-14H,9-12,15-16H2,1H3. The predicted octanol–water partition coefficient (Wildman–Crippen LogP) is 4.83. The Morgan fingerprint density at radius 2 is 1.89 bits per heavy atom. The molecule has 0 unspecified atom stereocenters. The summed E-state index contributed by atoms with van der Waals surface area (Å²) in [5.74, 6) is -0.0450. The van der Waals surface area contributed by atoms with Gasteiger partial charge < -0.3 is 4.90 Å². The van der Waals surface area contributed by atoms with Crippen molar-refractivity contribution in [2.75, 3.05) is 26.2 Å². The molecule has 1 saturated heterocycles. The summed E-state index contributed by atoms with van der Waals surface area (Å²) in [5.41, 5.74) is 2.55. The van der Waals surface area contributed by atoms with E-state index in [0.717, 1.165) is 27.6 Å². The van der Waals surface area contributed by atoms with Gasteiger partial charge in [-0.25, -0.2) is 9.67 Å². The number of nitrogens with zero attached hydrogens (tertiary/aromatic N) is 5. The zero-order valence-corrected chi connectivity index (χ0v) is 19.9. The molecule has 5 rings (SSSR count). The van der Waals surface area contributed by atoms with Crippen LogP contribution in [0.15, 0.2) is 54.0 Å². The number of halogens is 3. The molecule has 0 bridgehead atoms. The predicted molar refractivity (Wildman–Crippen MR) is 129 cm³/mol. The summed E-state index contributed by atoms with van der Waals surface area (Å²) in [6.45, 7) is 4.68. The van der Waals surface area contributed by atoms with Gasteiger partial charge in [0, 0.05) is 49.4 Å². The van der Waals surface area contributed by atoms with Gasteiger partial charge in [0.15, 0.2) is 5.65 Å². The monoisotopic (exact) mass is 499 g/mol. The third-order valence-corrected chi connectivity index (χ3v) is 7.17. The van der Waals surface area contributed by atoms with Crippen LogP contribution in [0.1, 0.15) is 16.8 Å². The molecule has 4 aromatic rings. The number of benzene rings is 1. The molecule has 4 heterocycles. The summed E-state index contributed by atoms with van der Waals surface area (Å²) >= 11 is 1.65. The van der Waals surface area contributed by atoms with Gasteiger partial charge in [0.05, 0.1) is 16.6 Å². The molecule has 0 N–H and O–H groups in total. The van der Waals surface area contributed by atoms with E-state index < -0.39 is 11.7 Å². The molecule has 182 valence electrons. The van der Waals surface area contributed by atoms with Gasteiger partial charge in [-0.1, -0.05) is 24.3 Å². The lowest BCUT2D eigenvalue weighted by atomic mass is 10.1. The van der Waals surface area contributed by atoms with Gasteiger partial charge in [-0.2, -0.15) is 18.3 Å². The number of amides is 1. The lowest BCUT2D eigenvalue weighted by Crippen LogP contribution is -2.49. The second kappa shape index (κ2) is 9.43. The highest BCUT2D eigenvalue weighted by Crippen LogP contribution is 2.33.